The molecule has 0 radical (unpaired) electrons. The molecule has 1 aromatic rings. The van der Waals surface area contributed by atoms with Crippen molar-refractivity contribution < 1.29 is 9.18 Å². The maximum Gasteiger partial charge on any atom is 0.145 e. The average molecular weight is 240 g/mol. The minimum atomic E-state index is -0.247. The van der Waals surface area contributed by atoms with Crippen LogP contribution in [0.4, 0.5) is 4.39 Å². The second-order valence-electron chi connectivity index (χ2n) is 3.88. The summed E-state index contributed by atoms with van der Waals surface area (Å²) in [5.74, 6) is 0.407. The van der Waals surface area contributed by atoms with Crippen LogP contribution in [0.15, 0.2) is 29.2 Å². The Labute approximate surface area is 100 Å². The highest BCUT2D eigenvalue weighted by atomic mass is 32.2. The van der Waals surface area contributed by atoms with Gasteiger partial charge in [0.15, 0.2) is 0 Å². The van der Waals surface area contributed by atoms with Gasteiger partial charge in [-0.15, -0.1) is 11.8 Å². The van der Waals surface area contributed by atoms with Crippen molar-refractivity contribution in [3.05, 3.63) is 30.1 Å². The summed E-state index contributed by atoms with van der Waals surface area (Å²) >= 11 is 1.28. The van der Waals surface area contributed by atoms with Gasteiger partial charge in [0, 0.05) is 10.8 Å². The van der Waals surface area contributed by atoms with Gasteiger partial charge >= 0.3 is 0 Å². The molecule has 0 saturated heterocycles. The largest absolute Gasteiger partial charge is 0.298 e. The first-order valence-electron chi connectivity index (χ1n) is 5.55. The smallest absolute Gasteiger partial charge is 0.145 e. The summed E-state index contributed by atoms with van der Waals surface area (Å²) in [4.78, 5) is 12.2. The van der Waals surface area contributed by atoms with Gasteiger partial charge in [0.25, 0.3) is 0 Å². The van der Waals surface area contributed by atoms with Crippen LogP contribution in [0.5, 0.6) is 0 Å². The van der Waals surface area contributed by atoms with Crippen LogP contribution in [-0.4, -0.2) is 11.5 Å². The predicted molar refractivity (Wildman–Crippen MR) is 66.2 cm³/mol. The fourth-order valence-corrected chi connectivity index (χ4v) is 2.41. The molecule has 1 rings (SSSR count). The lowest BCUT2D eigenvalue weighted by molar-refractivity contribution is -0.120. The maximum absolute atomic E-state index is 13.3. The SMILES string of the molecule is CCCC(C)C(=O)CSc1ccccc1F. The summed E-state index contributed by atoms with van der Waals surface area (Å²) in [5.41, 5.74) is 0. The third-order valence-corrected chi connectivity index (χ3v) is 3.55. The van der Waals surface area contributed by atoms with Crippen molar-refractivity contribution in [3.63, 3.8) is 0 Å². The molecule has 1 aromatic carbocycles. The summed E-state index contributed by atoms with van der Waals surface area (Å²) < 4.78 is 13.3. The van der Waals surface area contributed by atoms with Crippen LogP contribution in [0.2, 0.25) is 0 Å². The zero-order valence-corrected chi connectivity index (χ0v) is 10.5. The van der Waals surface area contributed by atoms with Crippen LogP contribution in [0, 0.1) is 11.7 Å². The first-order chi connectivity index (χ1) is 7.65. The number of Topliss-reactive ketones (excluding diaryl/α,β-unsaturated/α-hetero) is 1. The lowest BCUT2D eigenvalue weighted by atomic mass is 10.0. The second kappa shape index (κ2) is 6.69. The summed E-state index contributed by atoms with van der Waals surface area (Å²) in [7, 11) is 0. The summed E-state index contributed by atoms with van der Waals surface area (Å²) in [5, 5.41) is 0. The van der Waals surface area contributed by atoms with Crippen LogP contribution in [-0.2, 0) is 4.79 Å². The molecule has 0 heterocycles. The summed E-state index contributed by atoms with van der Waals surface area (Å²) in [6.45, 7) is 4.00. The number of benzene rings is 1. The fourth-order valence-electron chi connectivity index (χ4n) is 1.45. The molecule has 16 heavy (non-hydrogen) atoms. The van der Waals surface area contributed by atoms with E-state index in [9.17, 15) is 9.18 Å². The van der Waals surface area contributed by atoms with Crippen molar-refractivity contribution in [2.75, 3.05) is 5.75 Å². The first kappa shape index (κ1) is 13.2. The number of ketones is 1. The third kappa shape index (κ3) is 3.97. The lowest BCUT2D eigenvalue weighted by Gasteiger charge is -2.08. The van der Waals surface area contributed by atoms with E-state index in [-0.39, 0.29) is 17.5 Å². The van der Waals surface area contributed by atoms with Crippen molar-refractivity contribution in [1.29, 1.82) is 0 Å². The fraction of sp³-hybridized carbons (Fsp3) is 0.462. The molecular weight excluding hydrogens is 223 g/mol. The van der Waals surface area contributed by atoms with E-state index in [1.807, 2.05) is 6.92 Å². The number of hydrogen-bond donors (Lipinski definition) is 0. The quantitative estimate of drug-likeness (QED) is 0.701. The van der Waals surface area contributed by atoms with Gasteiger partial charge < -0.3 is 0 Å². The number of carbonyl (C=O) groups excluding carboxylic acids is 1. The molecule has 0 aliphatic carbocycles. The van der Waals surface area contributed by atoms with Gasteiger partial charge in [-0.25, -0.2) is 4.39 Å². The van der Waals surface area contributed by atoms with Crippen LogP contribution in [0.3, 0.4) is 0 Å². The number of thioether (sulfide) groups is 1. The number of carbonyl (C=O) groups is 1. The summed E-state index contributed by atoms with van der Waals surface area (Å²) in [6.07, 6.45) is 1.92. The molecule has 88 valence electrons. The van der Waals surface area contributed by atoms with Crippen molar-refractivity contribution in [2.24, 2.45) is 5.92 Å². The van der Waals surface area contributed by atoms with E-state index in [1.165, 1.54) is 17.8 Å². The van der Waals surface area contributed by atoms with Crippen LogP contribution < -0.4 is 0 Å². The molecule has 1 atom stereocenters. The van der Waals surface area contributed by atoms with E-state index in [0.29, 0.717) is 10.6 Å². The van der Waals surface area contributed by atoms with Crippen molar-refractivity contribution >= 4 is 17.5 Å². The van der Waals surface area contributed by atoms with E-state index in [2.05, 4.69) is 6.92 Å². The minimum absolute atomic E-state index is 0.0873. The van der Waals surface area contributed by atoms with Crippen LogP contribution in [0.25, 0.3) is 0 Å². The third-order valence-electron chi connectivity index (χ3n) is 2.48. The van der Waals surface area contributed by atoms with E-state index >= 15 is 0 Å². The first-order valence-corrected chi connectivity index (χ1v) is 6.53. The lowest BCUT2D eigenvalue weighted by Crippen LogP contribution is -2.13. The summed E-state index contributed by atoms with van der Waals surface area (Å²) in [6, 6.07) is 6.56. The zero-order valence-electron chi connectivity index (χ0n) is 9.70. The van der Waals surface area contributed by atoms with E-state index in [0.717, 1.165) is 12.8 Å². The monoisotopic (exact) mass is 240 g/mol. The molecular formula is C13H17FOS. The molecule has 1 unspecified atom stereocenters. The Morgan fingerprint density at radius 3 is 2.75 bits per heavy atom. The van der Waals surface area contributed by atoms with Gasteiger partial charge in [-0.05, 0) is 18.6 Å². The van der Waals surface area contributed by atoms with Crippen molar-refractivity contribution in [2.45, 2.75) is 31.6 Å². The van der Waals surface area contributed by atoms with Gasteiger partial charge in [0.05, 0.1) is 5.75 Å². The number of hydrogen-bond acceptors (Lipinski definition) is 2. The standard InChI is InChI=1S/C13H17FOS/c1-3-6-10(2)12(15)9-16-13-8-5-4-7-11(13)14/h4-5,7-8,10H,3,6,9H2,1-2H3. The zero-order chi connectivity index (χ0) is 12.0. The van der Waals surface area contributed by atoms with E-state index < -0.39 is 0 Å². The van der Waals surface area contributed by atoms with Gasteiger partial charge in [-0.2, -0.15) is 0 Å². The normalized spacial score (nSPS) is 12.4. The van der Waals surface area contributed by atoms with Crippen LogP contribution >= 0.6 is 11.8 Å². The Balaban J connectivity index is 2.46. The molecule has 0 aromatic heterocycles. The molecule has 0 aliphatic heterocycles. The highest BCUT2D eigenvalue weighted by Crippen LogP contribution is 2.22. The molecule has 0 aliphatic rings. The highest BCUT2D eigenvalue weighted by Gasteiger charge is 2.12. The van der Waals surface area contributed by atoms with Crippen molar-refractivity contribution in [1.82, 2.24) is 0 Å². The average Bonchev–Trinajstić information content (AvgIpc) is 2.28. The number of halogens is 1. The highest BCUT2D eigenvalue weighted by molar-refractivity contribution is 8.00. The molecule has 0 amide bonds. The number of rotatable bonds is 6. The molecule has 3 heteroatoms. The minimum Gasteiger partial charge on any atom is -0.298 e. The topological polar surface area (TPSA) is 17.1 Å². The molecule has 0 fully saturated rings. The van der Waals surface area contributed by atoms with E-state index in [1.54, 1.807) is 18.2 Å². The molecule has 0 bridgehead atoms. The Morgan fingerprint density at radius 2 is 2.12 bits per heavy atom. The Kier molecular flexibility index (Phi) is 5.53. The van der Waals surface area contributed by atoms with Gasteiger partial charge in [0.1, 0.15) is 11.6 Å². The van der Waals surface area contributed by atoms with Crippen molar-refractivity contribution in [3.8, 4) is 0 Å². The Morgan fingerprint density at radius 1 is 1.44 bits per heavy atom. The Bertz CT molecular complexity index is 352. The van der Waals surface area contributed by atoms with Gasteiger partial charge in [-0.3, -0.25) is 4.79 Å². The molecule has 0 saturated carbocycles. The second-order valence-corrected chi connectivity index (χ2v) is 4.89. The Hall–Kier alpha value is -0.830. The van der Waals surface area contributed by atoms with Gasteiger partial charge in [-0.1, -0.05) is 32.4 Å². The van der Waals surface area contributed by atoms with Crippen LogP contribution in [0.1, 0.15) is 26.7 Å². The van der Waals surface area contributed by atoms with Gasteiger partial charge in [0.2, 0.25) is 0 Å². The maximum atomic E-state index is 13.3. The molecule has 1 nitrogen and oxygen atoms in total. The predicted octanol–water partition coefficient (Wildman–Crippen LogP) is 3.92. The molecule has 0 spiro atoms. The molecule has 0 N–H and O–H groups in total. The van der Waals surface area contributed by atoms with E-state index in [4.69, 9.17) is 0 Å².